The number of hydrogen-bond donors (Lipinski definition) is 0. The molecule has 218 valence electrons. The highest BCUT2D eigenvalue weighted by atomic mass is 127. The van der Waals surface area contributed by atoms with Gasteiger partial charge in [-0.3, -0.25) is 0 Å². The molecule has 9 heteroatoms. The summed E-state index contributed by atoms with van der Waals surface area (Å²) in [6, 6.07) is 0. The van der Waals surface area contributed by atoms with Gasteiger partial charge in [0.15, 0.2) is 0 Å². The number of esters is 1. The molecule has 8 bridgehead atoms. The highest BCUT2D eigenvalue weighted by molar-refractivity contribution is 14.1. The van der Waals surface area contributed by atoms with E-state index in [9.17, 15) is 4.79 Å². The van der Waals surface area contributed by atoms with Crippen molar-refractivity contribution < 1.29 is 32.9 Å². The molecule has 0 spiro atoms. The Labute approximate surface area is 250 Å². The van der Waals surface area contributed by atoms with Gasteiger partial charge < -0.3 is 28.1 Å². The third-order valence-corrected chi connectivity index (χ3v) is 9.31. The summed E-state index contributed by atoms with van der Waals surface area (Å²) < 4.78 is 38.9. The zero-order valence-electron chi connectivity index (χ0n) is 23.5. The van der Waals surface area contributed by atoms with Crippen LogP contribution in [0, 0.1) is 11.8 Å². The maximum Gasteiger partial charge on any atom is 0.330 e. The van der Waals surface area contributed by atoms with Gasteiger partial charge in [0.25, 0.3) is 0 Å². The number of ether oxygens (including phenoxy) is 5. The lowest BCUT2D eigenvalue weighted by molar-refractivity contribution is -0.227. The molecule has 0 radical (unpaired) electrons. The average Bonchev–Trinajstić information content (AvgIpc) is 3.40. The SMILES string of the molecule is C=C1CC2C/C=C\C(=O)OC3C(C)C(C/C=C/c4nc(co4)C4OCCC(CC(C1)O2)O4)OC(/C(C)=C\I)C3C. The molecule has 3 fully saturated rings. The molecule has 0 amide bonds. The van der Waals surface area contributed by atoms with E-state index in [-0.39, 0.29) is 54.4 Å². The van der Waals surface area contributed by atoms with Gasteiger partial charge in [0.1, 0.15) is 18.1 Å². The van der Waals surface area contributed by atoms with Crippen molar-refractivity contribution in [1.29, 1.82) is 0 Å². The predicted molar refractivity (Wildman–Crippen MR) is 158 cm³/mol. The van der Waals surface area contributed by atoms with Gasteiger partial charge in [0.05, 0.1) is 37.1 Å². The predicted octanol–water partition coefficient (Wildman–Crippen LogP) is 6.63. The number of nitrogens with zero attached hydrogens (tertiary/aromatic N) is 1. The highest BCUT2D eigenvalue weighted by Gasteiger charge is 2.43. The number of hydrogen-bond acceptors (Lipinski definition) is 8. The molecule has 9 unspecified atom stereocenters. The van der Waals surface area contributed by atoms with Gasteiger partial charge in [0.2, 0.25) is 12.2 Å². The fourth-order valence-electron chi connectivity index (χ4n) is 6.23. The van der Waals surface area contributed by atoms with Gasteiger partial charge in [-0.05, 0) is 54.8 Å². The van der Waals surface area contributed by atoms with E-state index in [4.69, 9.17) is 28.1 Å². The average molecular weight is 666 g/mol. The molecule has 3 saturated heterocycles. The molecule has 40 heavy (non-hydrogen) atoms. The van der Waals surface area contributed by atoms with Crippen LogP contribution < -0.4 is 0 Å². The second-order valence-electron chi connectivity index (χ2n) is 11.5. The number of carbonyl (C=O) groups is 1. The Morgan fingerprint density at radius 3 is 2.67 bits per heavy atom. The second kappa shape index (κ2) is 13.5. The highest BCUT2D eigenvalue weighted by Crippen LogP contribution is 2.38. The maximum absolute atomic E-state index is 13.0. The molecule has 1 aromatic heterocycles. The lowest BCUT2D eigenvalue weighted by Gasteiger charge is -2.44. The lowest BCUT2D eigenvalue weighted by atomic mass is 9.80. The second-order valence-corrected chi connectivity index (χ2v) is 12.1. The van der Waals surface area contributed by atoms with E-state index in [1.807, 2.05) is 22.3 Å². The van der Waals surface area contributed by atoms with Crippen LogP contribution in [0.4, 0.5) is 0 Å². The van der Waals surface area contributed by atoms with Gasteiger partial charge in [-0.15, -0.1) is 0 Å². The van der Waals surface area contributed by atoms with Crippen LogP contribution in [0.15, 0.2) is 50.7 Å². The van der Waals surface area contributed by atoms with Crippen LogP contribution in [0.5, 0.6) is 0 Å². The van der Waals surface area contributed by atoms with Crippen molar-refractivity contribution in [1.82, 2.24) is 4.98 Å². The molecular weight excluding hydrogens is 625 g/mol. The fourth-order valence-corrected chi connectivity index (χ4v) is 6.58. The van der Waals surface area contributed by atoms with Crippen LogP contribution >= 0.6 is 22.6 Å². The van der Waals surface area contributed by atoms with Crippen molar-refractivity contribution in [3.8, 4) is 0 Å². The Morgan fingerprint density at radius 2 is 1.85 bits per heavy atom. The van der Waals surface area contributed by atoms with Crippen LogP contribution in [0.2, 0.25) is 0 Å². The molecular formula is C31H40INO7. The number of carbonyl (C=O) groups excluding carboxylic acids is 1. The number of halogens is 1. The minimum atomic E-state index is -0.569. The van der Waals surface area contributed by atoms with Gasteiger partial charge >= 0.3 is 5.97 Å². The number of oxazole rings is 1. The van der Waals surface area contributed by atoms with E-state index in [1.54, 1.807) is 12.3 Å². The molecule has 9 atom stereocenters. The summed E-state index contributed by atoms with van der Waals surface area (Å²) in [5, 5.41) is 0. The Morgan fingerprint density at radius 1 is 1.05 bits per heavy atom. The summed E-state index contributed by atoms with van der Waals surface area (Å²) in [6.07, 6.45) is 12.1. The Hall–Kier alpha value is -1.79. The topological polar surface area (TPSA) is 89.3 Å². The number of aromatic nitrogens is 1. The monoisotopic (exact) mass is 665 g/mol. The van der Waals surface area contributed by atoms with Crippen LogP contribution in [-0.2, 0) is 28.5 Å². The first-order valence-electron chi connectivity index (χ1n) is 14.3. The Kier molecular flexibility index (Phi) is 9.99. The zero-order chi connectivity index (χ0) is 28.2. The largest absolute Gasteiger partial charge is 0.458 e. The molecule has 5 heterocycles. The van der Waals surface area contributed by atoms with E-state index >= 15 is 0 Å². The molecule has 1 aromatic rings. The van der Waals surface area contributed by atoms with E-state index < -0.39 is 6.29 Å². The lowest BCUT2D eigenvalue weighted by Crippen LogP contribution is -2.50. The van der Waals surface area contributed by atoms with Gasteiger partial charge in [-0.25, -0.2) is 9.78 Å². The fraction of sp³-hybridized carbons (Fsp3) is 0.613. The summed E-state index contributed by atoms with van der Waals surface area (Å²) >= 11 is 2.24. The van der Waals surface area contributed by atoms with E-state index in [0.717, 1.165) is 36.8 Å². The van der Waals surface area contributed by atoms with Gasteiger partial charge in [0, 0.05) is 24.3 Å². The molecule has 4 aliphatic heterocycles. The van der Waals surface area contributed by atoms with Crippen LogP contribution in [-0.4, -0.2) is 54.2 Å². The van der Waals surface area contributed by atoms with Crippen molar-refractivity contribution in [2.24, 2.45) is 11.8 Å². The smallest absolute Gasteiger partial charge is 0.330 e. The molecule has 8 nitrogen and oxygen atoms in total. The number of rotatable bonds is 1. The third-order valence-electron chi connectivity index (χ3n) is 8.33. The van der Waals surface area contributed by atoms with E-state index in [0.29, 0.717) is 31.0 Å². The normalized spacial score (nSPS) is 39.5. The molecule has 4 aliphatic rings. The standard InChI is InChI=1S/C31H40INO7/c1-18-13-22-7-5-10-28(34)40-30-20(3)26(39-29(21(30)4)19(2)16-32)8-6-9-27-33-25(17-36-27)31-35-12-11-23(38-31)15-24(14-18)37-22/h5-6,9-10,16-17,20-24,26,29-31H,1,7-8,11-15H2,2-4H3/b9-6+,10-5-,19-16-. The summed E-state index contributed by atoms with van der Waals surface area (Å²) in [4.78, 5) is 17.6. The van der Waals surface area contributed by atoms with Gasteiger partial charge in [-0.2, -0.15) is 0 Å². The maximum atomic E-state index is 13.0. The molecule has 5 rings (SSSR count). The molecule has 0 saturated carbocycles. The van der Waals surface area contributed by atoms with E-state index in [2.05, 4.69) is 54.9 Å². The van der Waals surface area contributed by atoms with Crippen LogP contribution in [0.25, 0.3) is 6.08 Å². The van der Waals surface area contributed by atoms with Crippen molar-refractivity contribution in [2.45, 2.75) is 102 Å². The number of fused-ring (bicyclic) bond motifs is 9. The van der Waals surface area contributed by atoms with Crippen molar-refractivity contribution in [3.63, 3.8) is 0 Å². The van der Waals surface area contributed by atoms with Gasteiger partial charge in [-0.1, -0.05) is 60.7 Å². The summed E-state index contributed by atoms with van der Waals surface area (Å²) in [5.41, 5.74) is 2.90. The minimum Gasteiger partial charge on any atom is -0.458 e. The minimum absolute atomic E-state index is 0.00350. The first kappa shape index (κ1) is 29.7. The molecule has 0 aromatic carbocycles. The molecule has 0 N–H and O–H groups in total. The zero-order valence-corrected chi connectivity index (χ0v) is 25.7. The quantitative estimate of drug-likeness (QED) is 0.188. The third kappa shape index (κ3) is 7.15. The summed E-state index contributed by atoms with van der Waals surface area (Å²) in [5.74, 6) is 0.159. The van der Waals surface area contributed by atoms with E-state index in [1.165, 1.54) is 0 Å². The summed E-state index contributed by atoms with van der Waals surface area (Å²) in [6.45, 7) is 11.1. The van der Waals surface area contributed by atoms with Crippen LogP contribution in [0.3, 0.4) is 0 Å². The van der Waals surface area contributed by atoms with Crippen molar-refractivity contribution in [3.05, 3.63) is 57.9 Å². The summed E-state index contributed by atoms with van der Waals surface area (Å²) in [7, 11) is 0. The van der Waals surface area contributed by atoms with Crippen molar-refractivity contribution >= 4 is 34.6 Å². The first-order chi connectivity index (χ1) is 19.3. The van der Waals surface area contributed by atoms with Crippen LogP contribution in [0.1, 0.15) is 77.2 Å². The Balaban J connectivity index is 1.40. The Bertz CT molecular complexity index is 1140. The first-order valence-corrected chi connectivity index (χ1v) is 15.6. The van der Waals surface area contributed by atoms with Crippen molar-refractivity contribution in [2.75, 3.05) is 6.61 Å². The molecule has 0 aliphatic carbocycles.